The van der Waals surface area contributed by atoms with Gasteiger partial charge in [0, 0.05) is 6.54 Å². The van der Waals surface area contributed by atoms with Gasteiger partial charge in [0.25, 0.3) is 0 Å². The minimum Gasteiger partial charge on any atom is -0.394 e. The first-order valence-electron chi connectivity index (χ1n) is 6.29. The maximum absolute atomic E-state index is 10.3. The lowest BCUT2D eigenvalue weighted by Gasteiger charge is -2.37. The van der Waals surface area contributed by atoms with Crippen LogP contribution in [0.4, 0.5) is 0 Å². The van der Waals surface area contributed by atoms with Crippen molar-refractivity contribution in [3.05, 3.63) is 0 Å². The van der Waals surface area contributed by atoms with Gasteiger partial charge in [-0.2, -0.15) is 0 Å². The maximum atomic E-state index is 10.3. The second-order valence-electron chi connectivity index (χ2n) is 5.09. The first-order chi connectivity index (χ1) is 7.60. The van der Waals surface area contributed by atoms with Crippen LogP contribution < -0.4 is 5.32 Å². The molecule has 0 unspecified atom stereocenters. The molecule has 0 atom stereocenters. The second kappa shape index (κ2) is 5.96. The van der Waals surface area contributed by atoms with Crippen molar-refractivity contribution in [3.8, 4) is 0 Å². The van der Waals surface area contributed by atoms with Gasteiger partial charge in [0.05, 0.1) is 24.4 Å². The van der Waals surface area contributed by atoms with E-state index in [2.05, 4.69) is 5.32 Å². The third kappa shape index (κ3) is 3.42. The Labute approximate surface area is 97.7 Å². The molecule has 16 heavy (non-hydrogen) atoms. The van der Waals surface area contributed by atoms with E-state index in [0.717, 1.165) is 25.7 Å². The Kier molecular flexibility index (Phi) is 5.18. The molecule has 0 aromatic heterocycles. The van der Waals surface area contributed by atoms with Crippen molar-refractivity contribution in [2.24, 2.45) is 0 Å². The molecule has 0 aromatic rings. The van der Waals surface area contributed by atoms with E-state index in [-0.39, 0.29) is 13.2 Å². The smallest absolute Gasteiger partial charge is 0.0771 e. The van der Waals surface area contributed by atoms with Crippen molar-refractivity contribution in [3.63, 3.8) is 0 Å². The average molecular weight is 231 g/mol. The zero-order valence-corrected chi connectivity index (χ0v) is 10.2. The summed E-state index contributed by atoms with van der Waals surface area (Å²) in [5.74, 6) is 0. The Morgan fingerprint density at radius 1 is 1.12 bits per heavy atom. The summed E-state index contributed by atoms with van der Waals surface area (Å²) in [5.41, 5.74) is -1.30. The molecule has 0 aromatic carbocycles. The van der Waals surface area contributed by atoms with Crippen molar-refractivity contribution in [2.75, 3.05) is 19.8 Å². The van der Waals surface area contributed by atoms with Crippen molar-refractivity contribution < 1.29 is 15.3 Å². The van der Waals surface area contributed by atoms with E-state index in [0.29, 0.717) is 13.0 Å². The van der Waals surface area contributed by atoms with Crippen LogP contribution in [0.3, 0.4) is 0 Å². The molecule has 4 nitrogen and oxygen atoms in total. The maximum Gasteiger partial charge on any atom is 0.0771 e. The van der Waals surface area contributed by atoms with Gasteiger partial charge in [-0.05, 0) is 19.3 Å². The summed E-state index contributed by atoms with van der Waals surface area (Å²) < 4.78 is 0. The predicted octanol–water partition coefficient (Wildman–Crippen LogP) is 0.405. The molecule has 0 radical (unpaired) electrons. The number of aliphatic hydroxyl groups is 3. The Hall–Kier alpha value is -0.160. The predicted molar refractivity (Wildman–Crippen MR) is 63.2 cm³/mol. The minimum atomic E-state index is -0.650. The number of hydrogen-bond donors (Lipinski definition) is 4. The van der Waals surface area contributed by atoms with E-state index in [1.54, 1.807) is 0 Å². The molecule has 1 saturated carbocycles. The third-order valence-corrected chi connectivity index (χ3v) is 3.86. The summed E-state index contributed by atoms with van der Waals surface area (Å²) in [6, 6.07) is 0. The highest BCUT2D eigenvalue weighted by Crippen LogP contribution is 2.28. The molecule has 0 amide bonds. The second-order valence-corrected chi connectivity index (χ2v) is 5.09. The van der Waals surface area contributed by atoms with Gasteiger partial charge >= 0.3 is 0 Å². The van der Waals surface area contributed by atoms with E-state index >= 15 is 0 Å². The molecule has 1 aliphatic carbocycles. The van der Waals surface area contributed by atoms with Gasteiger partial charge in [0.2, 0.25) is 0 Å². The van der Waals surface area contributed by atoms with Gasteiger partial charge in [-0.1, -0.05) is 26.2 Å². The van der Waals surface area contributed by atoms with Crippen molar-refractivity contribution in [1.29, 1.82) is 0 Å². The lowest BCUT2D eigenvalue weighted by molar-refractivity contribution is -0.0128. The van der Waals surface area contributed by atoms with Gasteiger partial charge in [-0.3, -0.25) is 0 Å². The minimum absolute atomic E-state index is 0.101. The molecule has 0 heterocycles. The fourth-order valence-electron chi connectivity index (χ4n) is 2.25. The molecule has 0 saturated heterocycles. The Balaban J connectivity index is 2.47. The summed E-state index contributed by atoms with van der Waals surface area (Å²) in [5, 5.41) is 32.0. The highest BCUT2D eigenvalue weighted by atomic mass is 16.3. The molecular formula is C12H25NO3. The molecule has 1 rings (SSSR count). The van der Waals surface area contributed by atoms with Crippen LogP contribution in [0.25, 0.3) is 0 Å². The lowest BCUT2D eigenvalue weighted by atomic mass is 9.84. The summed E-state index contributed by atoms with van der Waals surface area (Å²) >= 11 is 0. The van der Waals surface area contributed by atoms with Gasteiger partial charge in [0.15, 0.2) is 0 Å². The van der Waals surface area contributed by atoms with Crippen LogP contribution in [0.1, 0.15) is 45.4 Å². The molecule has 1 fully saturated rings. The quantitative estimate of drug-likeness (QED) is 0.534. The fraction of sp³-hybridized carbons (Fsp3) is 1.00. The van der Waals surface area contributed by atoms with Crippen LogP contribution in [0.2, 0.25) is 0 Å². The van der Waals surface area contributed by atoms with Crippen molar-refractivity contribution in [1.82, 2.24) is 5.32 Å². The van der Waals surface area contributed by atoms with Crippen LogP contribution in [-0.2, 0) is 0 Å². The summed E-state index contributed by atoms with van der Waals surface area (Å²) in [6.07, 6.45) is 5.61. The topological polar surface area (TPSA) is 72.7 Å². The SMILES string of the molecule is CCC(CO)(CO)NCC1(O)CCCCC1. The van der Waals surface area contributed by atoms with Crippen LogP contribution in [0.5, 0.6) is 0 Å². The highest BCUT2D eigenvalue weighted by Gasteiger charge is 2.33. The van der Waals surface area contributed by atoms with Crippen LogP contribution >= 0.6 is 0 Å². The molecular weight excluding hydrogens is 206 g/mol. The van der Waals surface area contributed by atoms with Crippen molar-refractivity contribution in [2.45, 2.75) is 56.6 Å². The largest absolute Gasteiger partial charge is 0.394 e. The normalized spacial score (nSPS) is 21.0. The average Bonchev–Trinajstić information content (AvgIpc) is 2.33. The molecule has 0 bridgehead atoms. The highest BCUT2D eigenvalue weighted by molar-refractivity contribution is 4.91. The number of nitrogens with one attached hydrogen (secondary N) is 1. The fourth-order valence-corrected chi connectivity index (χ4v) is 2.25. The first kappa shape index (κ1) is 13.9. The first-order valence-corrected chi connectivity index (χ1v) is 6.29. The Morgan fingerprint density at radius 3 is 2.12 bits per heavy atom. The number of aliphatic hydroxyl groups excluding tert-OH is 2. The Bertz CT molecular complexity index is 190. The molecule has 0 aliphatic heterocycles. The van der Waals surface area contributed by atoms with Crippen molar-refractivity contribution >= 4 is 0 Å². The van der Waals surface area contributed by atoms with Gasteiger partial charge in [0.1, 0.15) is 0 Å². The molecule has 4 heteroatoms. The van der Waals surface area contributed by atoms with Crippen LogP contribution in [-0.4, -0.2) is 46.2 Å². The summed E-state index contributed by atoms with van der Waals surface area (Å²) in [4.78, 5) is 0. The van der Waals surface area contributed by atoms with Crippen LogP contribution in [0.15, 0.2) is 0 Å². The molecule has 4 N–H and O–H groups in total. The van der Waals surface area contributed by atoms with E-state index in [1.165, 1.54) is 6.42 Å². The molecule has 96 valence electrons. The zero-order valence-electron chi connectivity index (χ0n) is 10.2. The third-order valence-electron chi connectivity index (χ3n) is 3.86. The molecule has 1 aliphatic rings. The van der Waals surface area contributed by atoms with Crippen LogP contribution in [0, 0.1) is 0 Å². The summed E-state index contributed by atoms with van der Waals surface area (Å²) in [6.45, 7) is 2.18. The Morgan fingerprint density at radius 2 is 1.69 bits per heavy atom. The van der Waals surface area contributed by atoms with E-state index < -0.39 is 11.1 Å². The number of β-amino-alcohol motifs (C(OH)–C–C–N with tert-alkyl or cyclic N) is 1. The standard InChI is InChI=1S/C12H25NO3/c1-2-11(9-14,10-15)13-8-12(16)6-4-3-5-7-12/h13-16H,2-10H2,1H3. The zero-order chi connectivity index (χ0) is 12.1. The summed E-state index contributed by atoms with van der Waals surface area (Å²) in [7, 11) is 0. The van der Waals surface area contributed by atoms with Gasteiger partial charge < -0.3 is 20.6 Å². The number of hydrogen-bond acceptors (Lipinski definition) is 4. The molecule has 0 spiro atoms. The van der Waals surface area contributed by atoms with E-state index in [4.69, 9.17) is 0 Å². The van der Waals surface area contributed by atoms with Gasteiger partial charge in [-0.25, -0.2) is 0 Å². The number of rotatable bonds is 6. The van der Waals surface area contributed by atoms with E-state index in [1.807, 2.05) is 6.92 Å². The van der Waals surface area contributed by atoms with E-state index in [9.17, 15) is 15.3 Å². The monoisotopic (exact) mass is 231 g/mol. The van der Waals surface area contributed by atoms with Gasteiger partial charge in [-0.15, -0.1) is 0 Å². The lowest BCUT2D eigenvalue weighted by Crippen LogP contribution is -2.56.